The second kappa shape index (κ2) is 8.04. The number of hydrogen-bond acceptors (Lipinski definition) is 8. The summed E-state index contributed by atoms with van der Waals surface area (Å²) in [5, 5.41) is 20.8. The molecule has 0 unspecified atom stereocenters. The summed E-state index contributed by atoms with van der Waals surface area (Å²) in [6, 6.07) is 4.12. The summed E-state index contributed by atoms with van der Waals surface area (Å²) in [6.45, 7) is 3.76. The van der Waals surface area contributed by atoms with Crippen LogP contribution in [0.15, 0.2) is 18.2 Å². The molecule has 0 bridgehead atoms. The minimum atomic E-state index is -0.492. The summed E-state index contributed by atoms with van der Waals surface area (Å²) in [4.78, 5) is 31.1. The van der Waals surface area contributed by atoms with E-state index in [4.69, 9.17) is 0 Å². The molecule has 3 N–H and O–H groups in total. The molecular weight excluding hydrogens is 441 g/mol. The number of benzene rings is 1. The van der Waals surface area contributed by atoms with Gasteiger partial charge in [-0.25, -0.2) is 14.1 Å². The Balaban J connectivity index is 1.60. The fourth-order valence-corrected chi connectivity index (χ4v) is 4.01. The molecule has 1 fully saturated rings. The second-order valence-corrected chi connectivity index (χ2v) is 8.50. The van der Waals surface area contributed by atoms with E-state index in [9.17, 15) is 14.0 Å². The van der Waals surface area contributed by atoms with Crippen LogP contribution in [0.25, 0.3) is 5.69 Å². The molecule has 2 aromatic heterocycles. The van der Waals surface area contributed by atoms with Crippen LogP contribution in [0.3, 0.4) is 0 Å². The summed E-state index contributed by atoms with van der Waals surface area (Å²) >= 11 is 0. The first kappa shape index (κ1) is 21.7. The number of anilines is 4. The third-order valence-electron chi connectivity index (χ3n) is 6.03. The van der Waals surface area contributed by atoms with Crippen molar-refractivity contribution in [3.8, 4) is 5.69 Å². The van der Waals surface area contributed by atoms with Crippen LogP contribution in [0.1, 0.15) is 47.9 Å². The Morgan fingerprint density at radius 3 is 2.62 bits per heavy atom. The van der Waals surface area contributed by atoms with E-state index in [2.05, 4.69) is 36.2 Å². The van der Waals surface area contributed by atoms with E-state index in [0.29, 0.717) is 28.7 Å². The van der Waals surface area contributed by atoms with Gasteiger partial charge in [0.15, 0.2) is 17.3 Å². The molecule has 176 valence electrons. The van der Waals surface area contributed by atoms with Crippen molar-refractivity contribution >= 4 is 34.7 Å². The van der Waals surface area contributed by atoms with Gasteiger partial charge < -0.3 is 20.9 Å². The van der Waals surface area contributed by atoms with Gasteiger partial charge in [-0.1, -0.05) is 0 Å². The van der Waals surface area contributed by atoms with Crippen molar-refractivity contribution in [1.29, 1.82) is 0 Å². The van der Waals surface area contributed by atoms with Gasteiger partial charge in [0.05, 0.1) is 28.8 Å². The van der Waals surface area contributed by atoms with Crippen LogP contribution < -0.4 is 20.9 Å². The maximum Gasteiger partial charge on any atom is 0.273 e. The molecule has 2 aliphatic rings. The minimum Gasteiger partial charge on any atom is -0.361 e. The average molecular weight is 465 g/mol. The lowest BCUT2D eigenvalue weighted by atomic mass is 10.1. The molecule has 1 aromatic carbocycles. The number of halogens is 1. The largest absolute Gasteiger partial charge is 0.361 e. The number of nitrogens with one attached hydrogen (secondary N) is 3. The second-order valence-electron chi connectivity index (χ2n) is 8.50. The molecule has 3 heterocycles. The molecule has 2 amide bonds. The molecule has 0 spiro atoms. The van der Waals surface area contributed by atoms with Gasteiger partial charge in [0.2, 0.25) is 5.91 Å². The van der Waals surface area contributed by atoms with Crippen molar-refractivity contribution in [3.05, 3.63) is 41.4 Å². The first-order valence-corrected chi connectivity index (χ1v) is 10.9. The molecule has 0 radical (unpaired) electrons. The first-order chi connectivity index (χ1) is 16.3. The number of amides is 2. The lowest BCUT2D eigenvalue weighted by Crippen LogP contribution is -2.31. The number of fused-ring (bicyclic) bond motifs is 3. The van der Waals surface area contributed by atoms with E-state index in [1.165, 1.54) is 25.2 Å². The zero-order valence-corrected chi connectivity index (χ0v) is 19.2. The molecule has 1 aliphatic heterocycles. The van der Waals surface area contributed by atoms with Crippen LogP contribution in [0.5, 0.6) is 0 Å². The van der Waals surface area contributed by atoms with E-state index in [1.807, 2.05) is 18.9 Å². The van der Waals surface area contributed by atoms with Crippen LogP contribution in [0.4, 0.5) is 27.3 Å². The highest BCUT2D eigenvalue weighted by molar-refractivity contribution is 6.00. The molecule has 1 aliphatic carbocycles. The van der Waals surface area contributed by atoms with Gasteiger partial charge in [-0.3, -0.25) is 9.59 Å². The maximum absolute atomic E-state index is 14.8. The third-order valence-corrected chi connectivity index (χ3v) is 6.03. The average Bonchev–Trinajstić information content (AvgIpc) is 3.58. The van der Waals surface area contributed by atoms with Gasteiger partial charge in [0.1, 0.15) is 11.6 Å². The molecule has 3 aromatic rings. The zero-order valence-electron chi connectivity index (χ0n) is 19.2. The van der Waals surface area contributed by atoms with Crippen molar-refractivity contribution < 1.29 is 14.0 Å². The number of carbonyl (C=O) groups excluding carboxylic acids is 2. The number of carbonyl (C=O) groups is 2. The highest BCUT2D eigenvalue weighted by Crippen LogP contribution is 2.43. The summed E-state index contributed by atoms with van der Waals surface area (Å²) < 4.78 is 16.4. The first-order valence-electron chi connectivity index (χ1n) is 10.9. The number of rotatable bonds is 5. The highest BCUT2D eigenvalue weighted by Gasteiger charge is 2.32. The third kappa shape index (κ3) is 3.70. The van der Waals surface area contributed by atoms with Gasteiger partial charge in [0.25, 0.3) is 5.91 Å². The fraction of sp³-hybridized carbons (Fsp3) is 0.364. The monoisotopic (exact) mass is 465 g/mol. The smallest absolute Gasteiger partial charge is 0.273 e. The molecule has 12 heteroatoms. The molecule has 5 rings (SSSR count). The number of hydrogen-bond donors (Lipinski definition) is 3. The normalized spacial score (nSPS) is 16.5. The maximum atomic E-state index is 14.8. The number of nitrogens with zero attached hydrogens (tertiary/aromatic N) is 6. The topological polar surface area (TPSA) is 130 Å². The Kier molecular flexibility index (Phi) is 5.14. The van der Waals surface area contributed by atoms with Crippen molar-refractivity contribution in [3.63, 3.8) is 0 Å². The van der Waals surface area contributed by atoms with Crippen LogP contribution in [-0.4, -0.2) is 50.9 Å². The van der Waals surface area contributed by atoms with E-state index in [0.717, 1.165) is 12.8 Å². The molecule has 11 nitrogen and oxygen atoms in total. The molecule has 1 atom stereocenters. The SMILES string of the molecule is CNC(=O)c1nnc(NC(=O)C2CC2)cc1Nc1cc(F)cc2c1N(C)[C@@H](C)c1nc(C)nn1-2. The Morgan fingerprint density at radius 2 is 1.91 bits per heavy atom. The van der Waals surface area contributed by atoms with Crippen LogP contribution in [0, 0.1) is 18.7 Å². The van der Waals surface area contributed by atoms with Crippen molar-refractivity contribution in [2.75, 3.05) is 29.6 Å². The molecule has 1 saturated carbocycles. The summed E-state index contributed by atoms with van der Waals surface area (Å²) in [5.41, 5.74) is 1.88. The van der Waals surface area contributed by atoms with E-state index in [1.54, 1.807) is 11.6 Å². The standard InChI is InChI=1S/C22H24FN9O2/c1-10-20-25-11(2)30-32(20)16-8-13(23)7-15(19(16)31(10)4)26-14-9-17(27-21(33)12-5-6-12)28-29-18(14)22(34)24-3/h7-10,12H,5-6H2,1-4H3,(H,24,34)(H2,26,27,28,33)/t10-/m0/s1. The lowest BCUT2D eigenvalue weighted by molar-refractivity contribution is -0.117. The van der Waals surface area contributed by atoms with Gasteiger partial charge in [-0.15, -0.1) is 10.2 Å². The van der Waals surface area contributed by atoms with Crippen LogP contribution in [-0.2, 0) is 4.79 Å². The minimum absolute atomic E-state index is 0.00809. The fourth-order valence-electron chi connectivity index (χ4n) is 4.01. The van der Waals surface area contributed by atoms with E-state index in [-0.39, 0.29) is 35.1 Å². The highest BCUT2D eigenvalue weighted by atomic mass is 19.1. The van der Waals surface area contributed by atoms with E-state index < -0.39 is 11.7 Å². The van der Waals surface area contributed by atoms with Gasteiger partial charge in [0, 0.05) is 32.1 Å². The van der Waals surface area contributed by atoms with Crippen molar-refractivity contribution in [1.82, 2.24) is 30.3 Å². The van der Waals surface area contributed by atoms with Crippen LogP contribution in [0.2, 0.25) is 0 Å². The Morgan fingerprint density at radius 1 is 1.15 bits per heavy atom. The number of aryl methyl sites for hydroxylation is 1. The molecule has 0 saturated heterocycles. The Bertz CT molecular complexity index is 1320. The van der Waals surface area contributed by atoms with Crippen molar-refractivity contribution in [2.24, 2.45) is 5.92 Å². The summed E-state index contributed by atoms with van der Waals surface area (Å²) in [5.74, 6) is 0.351. The quantitative estimate of drug-likeness (QED) is 0.524. The van der Waals surface area contributed by atoms with Crippen molar-refractivity contribution in [2.45, 2.75) is 32.7 Å². The zero-order chi connectivity index (χ0) is 24.1. The molecule has 34 heavy (non-hydrogen) atoms. The summed E-state index contributed by atoms with van der Waals surface area (Å²) in [7, 11) is 3.36. The Hall–Kier alpha value is -4.09. The van der Waals surface area contributed by atoms with Crippen LogP contribution >= 0.6 is 0 Å². The van der Waals surface area contributed by atoms with Gasteiger partial charge in [-0.2, -0.15) is 5.10 Å². The van der Waals surface area contributed by atoms with Gasteiger partial charge in [-0.05, 0) is 32.8 Å². The summed E-state index contributed by atoms with van der Waals surface area (Å²) in [6.07, 6.45) is 1.68. The van der Waals surface area contributed by atoms with E-state index >= 15 is 0 Å². The van der Waals surface area contributed by atoms with Gasteiger partial charge >= 0.3 is 0 Å². The number of aromatic nitrogens is 5. The predicted molar refractivity (Wildman–Crippen MR) is 123 cm³/mol. The Labute approximate surface area is 194 Å². The molecular formula is C22H24FN9O2. The predicted octanol–water partition coefficient (Wildman–Crippen LogP) is 2.47. The lowest BCUT2D eigenvalue weighted by Gasteiger charge is -2.35.